The Morgan fingerprint density at radius 2 is 2.05 bits per heavy atom. The van der Waals surface area contributed by atoms with E-state index in [1.165, 1.54) is 0 Å². The maximum Gasteiger partial charge on any atom is 0.126 e. The summed E-state index contributed by atoms with van der Waals surface area (Å²) in [6.45, 7) is 3.07. The van der Waals surface area contributed by atoms with Gasteiger partial charge in [-0.05, 0) is 36.8 Å². The third-order valence-electron chi connectivity index (χ3n) is 2.63. The van der Waals surface area contributed by atoms with E-state index in [-0.39, 0.29) is 0 Å². The highest BCUT2D eigenvalue weighted by Gasteiger charge is 2.04. The Hall–Kier alpha value is -0.900. The lowest BCUT2D eigenvalue weighted by molar-refractivity contribution is 0.965. The summed E-state index contributed by atoms with van der Waals surface area (Å²) >= 11 is 13.8. The number of hydrogen-bond donors (Lipinski definition) is 1. The van der Waals surface area contributed by atoms with Crippen molar-refractivity contribution in [3.05, 3.63) is 52.1 Å². The van der Waals surface area contributed by atoms with Gasteiger partial charge in [0.05, 0.1) is 10.7 Å². The van der Waals surface area contributed by atoms with Crippen molar-refractivity contribution in [2.45, 2.75) is 24.0 Å². The molecule has 2 nitrogen and oxygen atoms in total. The molecule has 0 saturated carbocycles. The normalized spacial score (nSPS) is 10.6. The number of hydrogen-bond acceptors (Lipinski definition) is 3. The third-order valence-corrected chi connectivity index (χ3v) is 4.40. The summed E-state index contributed by atoms with van der Waals surface area (Å²) in [5.74, 6) is 1.68. The lowest BCUT2D eigenvalue weighted by Gasteiger charge is -2.07. The van der Waals surface area contributed by atoms with Crippen LogP contribution < -0.4 is 5.32 Å². The minimum atomic E-state index is 0.697. The topological polar surface area (TPSA) is 24.9 Å². The number of halogens is 2. The van der Waals surface area contributed by atoms with Crippen LogP contribution in [0.4, 0.5) is 5.82 Å². The molecule has 0 aliphatic carbocycles. The molecule has 2 aromatic rings. The van der Waals surface area contributed by atoms with Gasteiger partial charge in [-0.25, -0.2) is 4.98 Å². The van der Waals surface area contributed by atoms with E-state index in [1.54, 1.807) is 17.8 Å². The van der Waals surface area contributed by atoms with Crippen LogP contribution in [-0.2, 0) is 5.75 Å². The molecule has 0 radical (unpaired) electrons. The first-order valence-corrected chi connectivity index (χ1v) is 8.21. The van der Waals surface area contributed by atoms with E-state index in [0.29, 0.717) is 5.02 Å². The lowest BCUT2D eigenvalue weighted by Crippen LogP contribution is -2.02. The number of nitrogens with one attached hydrogen (secondary N) is 1. The molecule has 0 saturated heterocycles. The highest BCUT2D eigenvalue weighted by Crippen LogP contribution is 2.31. The Kier molecular flexibility index (Phi) is 6.02. The molecule has 1 N–H and O–H groups in total. The quantitative estimate of drug-likeness (QED) is 0.709. The first-order valence-electron chi connectivity index (χ1n) is 6.46. The fourth-order valence-corrected chi connectivity index (χ4v) is 3.05. The number of thioether (sulfide) groups is 1. The second-order valence-electron chi connectivity index (χ2n) is 4.30. The molecule has 0 amide bonds. The van der Waals surface area contributed by atoms with Gasteiger partial charge < -0.3 is 5.32 Å². The van der Waals surface area contributed by atoms with Crippen LogP contribution in [-0.4, -0.2) is 11.5 Å². The number of pyridine rings is 1. The Balaban J connectivity index is 2.01. The van der Waals surface area contributed by atoms with Crippen molar-refractivity contribution in [3.63, 3.8) is 0 Å². The van der Waals surface area contributed by atoms with Crippen LogP contribution in [0.2, 0.25) is 10.0 Å². The first kappa shape index (κ1) is 15.5. The molecule has 1 aromatic carbocycles. The summed E-state index contributed by atoms with van der Waals surface area (Å²) in [6.07, 6.45) is 1.08. The van der Waals surface area contributed by atoms with E-state index in [0.717, 1.165) is 40.1 Å². The van der Waals surface area contributed by atoms with Gasteiger partial charge in [0.2, 0.25) is 0 Å². The number of rotatable bonds is 6. The van der Waals surface area contributed by atoms with Gasteiger partial charge in [-0.15, -0.1) is 11.8 Å². The molecule has 0 unspecified atom stereocenters. The Morgan fingerprint density at radius 1 is 1.20 bits per heavy atom. The van der Waals surface area contributed by atoms with Crippen LogP contribution >= 0.6 is 35.0 Å². The van der Waals surface area contributed by atoms with Gasteiger partial charge in [0.15, 0.2) is 0 Å². The van der Waals surface area contributed by atoms with E-state index in [9.17, 15) is 0 Å². The van der Waals surface area contributed by atoms with Crippen LogP contribution in [0.25, 0.3) is 0 Å². The van der Waals surface area contributed by atoms with Crippen molar-refractivity contribution in [1.29, 1.82) is 0 Å². The molecule has 20 heavy (non-hydrogen) atoms. The molecule has 106 valence electrons. The van der Waals surface area contributed by atoms with Crippen molar-refractivity contribution in [3.8, 4) is 0 Å². The predicted octanol–water partition coefficient (Wildman–Crippen LogP) is 5.50. The van der Waals surface area contributed by atoms with Crippen molar-refractivity contribution in [1.82, 2.24) is 4.98 Å². The van der Waals surface area contributed by atoms with Gasteiger partial charge in [-0.1, -0.05) is 36.2 Å². The zero-order valence-corrected chi connectivity index (χ0v) is 13.5. The second kappa shape index (κ2) is 7.77. The molecule has 0 atom stereocenters. The summed E-state index contributed by atoms with van der Waals surface area (Å²) in [4.78, 5) is 5.55. The SMILES string of the molecule is CCCNc1cccc(CSc2cc(Cl)ccc2Cl)n1. The summed E-state index contributed by atoms with van der Waals surface area (Å²) in [7, 11) is 0. The average Bonchev–Trinajstić information content (AvgIpc) is 2.46. The van der Waals surface area contributed by atoms with E-state index in [4.69, 9.17) is 23.2 Å². The molecule has 1 aromatic heterocycles. The highest BCUT2D eigenvalue weighted by atomic mass is 35.5. The molecule has 0 bridgehead atoms. The van der Waals surface area contributed by atoms with E-state index in [1.807, 2.05) is 30.3 Å². The summed E-state index contributed by atoms with van der Waals surface area (Å²) in [6, 6.07) is 11.5. The van der Waals surface area contributed by atoms with Crippen LogP contribution in [0, 0.1) is 0 Å². The fraction of sp³-hybridized carbons (Fsp3) is 0.267. The summed E-state index contributed by atoms with van der Waals surface area (Å²) < 4.78 is 0. The Labute approximate surface area is 133 Å². The average molecular weight is 327 g/mol. The zero-order valence-electron chi connectivity index (χ0n) is 11.2. The van der Waals surface area contributed by atoms with Gasteiger partial charge in [0.25, 0.3) is 0 Å². The van der Waals surface area contributed by atoms with Gasteiger partial charge in [0, 0.05) is 22.2 Å². The monoisotopic (exact) mass is 326 g/mol. The van der Waals surface area contributed by atoms with E-state index >= 15 is 0 Å². The number of aromatic nitrogens is 1. The molecule has 1 heterocycles. The zero-order chi connectivity index (χ0) is 14.4. The van der Waals surface area contributed by atoms with Gasteiger partial charge >= 0.3 is 0 Å². The number of benzene rings is 1. The molecule has 0 spiro atoms. The highest BCUT2D eigenvalue weighted by molar-refractivity contribution is 7.98. The molecule has 2 rings (SSSR count). The first-order chi connectivity index (χ1) is 9.69. The third kappa shape index (κ3) is 4.58. The van der Waals surface area contributed by atoms with Crippen molar-refractivity contribution in [2.75, 3.05) is 11.9 Å². The molecule has 5 heteroatoms. The lowest BCUT2D eigenvalue weighted by atomic mass is 10.3. The molecule has 0 aliphatic rings. The molecule has 0 fully saturated rings. The van der Waals surface area contributed by atoms with Crippen molar-refractivity contribution >= 4 is 40.8 Å². The summed E-state index contributed by atoms with van der Waals surface area (Å²) in [5, 5.41) is 4.71. The molecule has 0 aliphatic heterocycles. The van der Waals surface area contributed by atoms with Crippen molar-refractivity contribution in [2.24, 2.45) is 0 Å². The van der Waals surface area contributed by atoms with Gasteiger partial charge in [-0.2, -0.15) is 0 Å². The molecular weight excluding hydrogens is 311 g/mol. The predicted molar refractivity (Wildman–Crippen MR) is 89.0 cm³/mol. The van der Waals surface area contributed by atoms with Crippen LogP contribution in [0.3, 0.4) is 0 Å². The van der Waals surface area contributed by atoms with Crippen LogP contribution in [0.5, 0.6) is 0 Å². The maximum absolute atomic E-state index is 6.15. The van der Waals surface area contributed by atoms with E-state index < -0.39 is 0 Å². The smallest absolute Gasteiger partial charge is 0.126 e. The van der Waals surface area contributed by atoms with Crippen LogP contribution in [0.1, 0.15) is 19.0 Å². The number of nitrogens with zero attached hydrogens (tertiary/aromatic N) is 1. The molecular formula is C15H16Cl2N2S. The van der Waals surface area contributed by atoms with E-state index in [2.05, 4.69) is 17.2 Å². The second-order valence-corrected chi connectivity index (χ2v) is 6.17. The minimum absolute atomic E-state index is 0.697. The minimum Gasteiger partial charge on any atom is -0.370 e. The summed E-state index contributed by atoms with van der Waals surface area (Å²) in [5.41, 5.74) is 1.02. The van der Waals surface area contributed by atoms with Crippen molar-refractivity contribution < 1.29 is 0 Å². The number of anilines is 1. The fourth-order valence-electron chi connectivity index (χ4n) is 1.65. The Morgan fingerprint density at radius 3 is 2.85 bits per heavy atom. The Bertz CT molecular complexity index is 576. The van der Waals surface area contributed by atoms with Gasteiger partial charge in [-0.3, -0.25) is 0 Å². The van der Waals surface area contributed by atoms with Crippen LogP contribution in [0.15, 0.2) is 41.3 Å². The van der Waals surface area contributed by atoms with Gasteiger partial charge in [0.1, 0.15) is 5.82 Å². The maximum atomic E-state index is 6.15. The largest absolute Gasteiger partial charge is 0.370 e. The standard InChI is InChI=1S/C15H16Cl2N2S/c1-2-8-18-15-5-3-4-12(19-15)10-20-14-9-11(16)6-7-13(14)17/h3-7,9H,2,8,10H2,1H3,(H,18,19).